The lowest BCUT2D eigenvalue weighted by Gasteiger charge is -2.26. The molecule has 1 N–H and O–H groups in total. The van der Waals surface area contributed by atoms with Crippen molar-refractivity contribution in [3.8, 4) is 0 Å². The molecule has 2 aromatic rings. The van der Waals surface area contributed by atoms with Crippen molar-refractivity contribution in [3.63, 3.8) is 0 Å². The second kappa shape index (κ2) is 9.53. The topological polar surface area (TPSA) is 23.5 Å². The van der Waals surface area contributed by atoms with Crippen molar-refractivity contribution < 1.29 is 5.11 Å². The van der Waals surface area contributed by atoms with E-state index >= 15 is 0 Å². The van der Waals surface area contributed by atoms with Crippen molar-refractivity contribution in [3.05, 3.63) is 47.0 Å². The molecule has 26 heavy (non-hydrogen) atoms. The molecule has 0 saturated carbocycles. The maximum Gasteiger partial charge on any atom is 0.0922 e. The van der Waals surface area contributed by atoms with E-state index in [2.05, 4.69) is 49.1 Å². The Labute approximate surface area is 159 Å². The van der Waals surface area contributed by atoms with E-state index in [0.29, 0.717) is 0 Å². The number of benzene rings is 2. The Morgan fingerprint density at radius 1 is 0.885 bits per heavy atom. The van der Waals surface area contributed by atoms with Gasteiger partial charge in [0, 0.05) is 6.54 Å². The molecule has 3 rings (SSSR count). The van der Waals surface area contributed by atoms with Gasteiger partial charge in [-0.25, -0.2) is 0 Å². The molecular weight excluding hydrogens is 318 g/mol. The third-order valence-corrected chi connectivity index (χ3v) is 5.86. The van der Waals surface area contributed by atoms with Crippen LogP contribution < -0.4 is 0 Å². The summed E-state index contributed by atoms with van der Waals surface area (Å²) in [6.07, 6.45) is 9.42. The summed E-state index contributed by atoms with van der Waals surface area (Å²) in [6, 6.07) is 11.0. The minimum Gasteiger partial charge on any atom is -0.387 e. The Morgan fingerprint density at radius 2 is 1.54 bits per heavy atom. The van der Waals surface area contributed by atoms with Crippen molar-refractivity contribution in [2.75, 3.05) is 19.6 Å². The summed E-state index contributed by atoms with van der Waals surface area (Å²) in [7, 11) is 0. The number of aliphatic hydroxyl groups excluding tert-OH is 1. The average molecular weight is 354 g/mol. The number of nitrogens with zero attached hydrogens (tertiary/aromatic N) is 1. The summed E-state index contributed by atoms with van der Waals surface area (Å²) in [4.78, 5) is 2.49. The van der Waals surface area contributed by atoms with Crippen molar-refractivity contribution >= 4 is 10.8 Å². The lowest BCUT2D eigenvalue weighted by Crippen LogP contribution is -2.31. The van der Waals surface area contributed by atoms with Gasteiger partial charge in [-0.05, 0) is 66.2 Å². The first-order chi connectivity index (χ1) is 12.7. The largest absolute Gasteiger partial charge is 0.387 e. The zero-order valence-corrected chi connectivity index (χ0v) is 16.6. The van der Waals surface area contributed by atoms with Gasteiger partial charge in [0.15, 0.2) is 0 Å². The van der Waals surface area contributed by atoms with Crippen molar-refractivity contribution in [2.45, 2.75) is 71.3 Å². The first-order valence-electron chi connectivity index (χ1n) is 10.7. The van der Waals surface area contributed by atoms with Crippen LogP contribution in [-0.4, -0.2) is 29.6 Å². The van der Waals surface area contributed by atoms with E-state index in [9.17, 15) is 5.11 Å². The van der Waals surface area contributed by atoms with E-state index in [-0.39, 0.29) is 0 Å². The van der Waals surface area contributed by atoms with Crippen LogP contribution >= 0.6 is 0 Å². The van der Waals surface area contributed by atoms with Crippen LogP contribution in [0.1, 0.15) is 75.2 Å². The molecule has 0 aliphatic heterocycles. The molecule has 0 amide bonds. The highest BCUT2D eigenvalue weighted by Gasteiger charge is 2.20. The molecule has 0 fully saturated rings. The number of unbranched alkanes of at least 4 members (excludes halogenated alkanes) is 4. The average Bonchev–Trinajstić information content (AvgIpc) is 3.07. The number of aryl methyl sites for hydroxylation is 2. The first kappa shape index (κ1) is 19.4. The number of aliphatic hydroxyl groups is 1. The van der Waals surface area contributed by atoms with E-state index in [1.807, 2.05) is 0 Å². The van der Waals surface area contributed by atoms with E-state index in [1.54, 1.807) is 0 Å². The minimum atomic E-state index is -0.400. The second-order valence-corrected chi connectivity index (χ2v) is 7.88. The Morgan fingerprint density at radius 3 is 2.19 bits per heavy atom. The molecule has 0 bridgehead atoms. The van der Waals surface area contributed by atoms with Gasteiger partial charge in [0.2, 0.25) is 0 Å². The highest BCUT2D eigenvalue weighted by molar-refractivity contribution is 5.93. The number of hydrogen-bond acceptors (Lipinski definition) is 2. The number of rotatable bonds is 11. The normalized spacial score (nSPS) is 14.5. The SMILES string of the molecule is CCCCCN(CCCCC)CC(O)c1ccc2c3c(cccc13)CC2. The van der Waals surface area contributed by atoms with E-state index < -0.39 is 6.10 Å². The van der Waals surface area contributed by atoms with Gasteiger partial charge in [-0.3, -0.25) is 0 Å². The van der Waals surface area contributed by atoms with E-state index in [0.717, 1.165) is 38.0 Å². The summed E-state index contributed by atoms with van der Waals surface area (Å²) in [5.74, 6) is 0. The van der Waals surface area contributed by atoms with Crippen LogP contribution in [-0.2, 0) is 12.8 Å². The Balaban J connectivity index is 1.74. The molecule has 1 unspecified atom stereocenters. The summed E-state index contributed by atoms with van der Waals surface area (Å²) >= 11 is 0. The fraction of sp³-hybridized carbons (Fsp3) is 0.583. The fourth-order valence-corrected chi connectivity index (χ4v) is 4.37. The van der Waals surface area contributed by atoms with Crippen LogP contribution in [0.25, 0.3) is 10.8 Å². The quantitative estimate of drug-likeness (QED) is 0.527. The van der Waals surface area contributed by atoms with Crippen LogP contribution in [0, 0.1) is 0 Å². The molecule has 2 heteroatoms. The van der Waals surface area contributed by atoms with Gasteiger partial charge in [-0.1, -0.05) is 69.9 Å². The predicted molar refractivity (Wildman–Crippen MR) is 112 cm³/mol. The third-order valence-electron chi connectivity index (χ3n) is 5.86. The Hall–Kier alpha value is -1.38. The zero-order chi connectivity index (χ0) is 18.4. The summed E-state index contributed by atoms with van der Waals surface area (Å²) in [5.41, 5.74) is 4.02. The molecule has 2 aromatic carbocycles. The lowest BCUT2D eigenvalue weighted by atomic mass is 9.96. The summed E-state index contributed by atoms with van der Waals surface area (Å²) in [5, 5.41) is 13.7. The molecule has 0 radical (unpaired) electrons. The van der Waals surface area contributed by atoms with E-state index in [1.165, 1.54) is 60.4 Å². The first-order valence-corrected chi connectivity index (χ1v) is 10.7. The number of hydrogen-bond donors (Lipinski definition) is 1. The minimum absolute atomic E-state index is 0.400. The van der Waals surface area contributed by atoms with Crippen LogP contribution in [0.4, 0.5) is 0 Å². The molecule has 0 aromatic heterocycles. The van der Waals surface area contributed by atoms with Gasteiger partial charge >= 0.3 is 0 Å². The lowest BCUT2D eigenvalue weighted by molar-refractivity contribution is 0.111. The fourth-order valence-electron chi connectivity index (χ4n) is 4.37. The van der Waals surface area contributed by atoms with Crippen LogP contribution in [0.5, 0.6) is 0 Å². The van der Waals surface area contributed by atoms with Gasteiger partial charge in [0.05, 0.1) is 6.10 Å². The van der Waals surface area contributed by atoms with Gasteiger partial charge in [-0.15, -0.1) is 0 Å². The molecule has 142 valence electrons. The highest BCUT2D eigenvalue weighted by Crippen LogP contribution is 2.35. The summed E-state index contributed by atoms with van der Waals surface area (Å²) < 4.78 is 0. The maximum atomic E-state index is 11.1. The molecule has 2 nitrogen and oxygen atoms in total. The Bertz CT molecular complexity index is 688. The molecule has 0 saturated heterocycles. The van der Waals surface area contributed by atoms with Crippen LogP contribution in [0.2, 0.25) is 0 Å². The van der Waals surface area contributed by atoms with Crippen molar-refractivity contribution in [1.82, 2.24) is 4.90 Å². The van der Waals surface area contributed by atoms with Gasteiger partial charge in [-0.2, -0.15) is 0 Å². The van der Waals surface area contributed by atoms with Gasteiger partial charge < -0.3 is 10.0 Å². The maximum absolute atomic E-state index is 11.1. The van der Waals surface area contributed by atoms with Crippen molar-refractivity contribution in [2.24, 2.45) is 0 Å². The predicted octanol–water partition coefficient (Wildman–Crippen LogP) is 5.65. The third kappa shape index (κ3) is 4.47. The van der Waals surface area contributed by atoms with Crippen LogP contribution in [0.3, 0.4) is 0 Å². The van der Waals surface area contributed by atoms with Crippen LogP contribution in [0.15, 0.2) is 30.3 Å². The van der Waals surface area contributed by atoms with E-state index in [4.69, 9.17) is 0 Å². The smallest absolute Gasteiger partial charge is 0.0922 e. The molecule has 1 atom stereocenters. The molecule has 1 aliphatic rings. The highest BCUT2D eigenvalue weighted by atomic mass is 16.3. The summed E-state index contributed by atoms with van der Waals surface area (Å²) in [6.45, 7) is 7.48. The monoisotopic (exact) mass is 353 g/mol. The van der Waals surface area contributed by atoms with Gasteiger partial charge in [0.1, 0.15) is 0 Å². The zero-order valence-electron chi connectivity index (χ0n) is 16.6. The Kier molecular flexibility index (Phi) is 7.10. The molecular formula is C24H35NO. The molecule has 0 heterocycles. The molecule has 0 spiro atoms. The second-order valence-electron chi connectivity index (χ2n) is 7.88. The van der Waals surface area contributed by atoms with Crippen molar-refractivity contribution in [1.29, 1.82) is 0 Å². The molecule has 1 aliphatic carbocycles. The standard InChI is InChI=1S/C24H35NO/c1-3-5-7-16-25(17-8-6-4-2)18-23(26)21-15-14-20-13-12-19-10-9-11-22(21)24(19)20/h9-11,14-15,23,26H,3-8,12-13,16-18H2,1-2H3. The van der Waals surface area contributed by atoms with Gasteiger partial charge in [0.25, 0.3) is 0 Å².